The highest BCUT2D eigenvalue weighted by Gasteiger charge is 2.15. The minimum absolute atomic E-state index is 0.289. The average Bonchev–Trinajstić information content (AvgIpc) is 3.45. The number of nitrogens with zero attached hydrogens (tertiary/aromatic N) is 5. The van der Waals surface area contributed by atoms with Crippen molar-refractivity contribution >= 4 is 11.3 Å². The van der Waals surface area contributed by atoms with Crippen LogP contribution in [0.15, 0.2) is 52.6 Å². The molecule has 2 aromatic heterocycles. The maximum atomic E-state index is 12.4. The predicted octanol–water partition coefficient (Wildman–Crippen LogP) is 5.49. The van der Waals surface area contributed by atoms with Crippen LogP contribution in [0.5, 0.6) is 5.19 Å². The van der Waals surface area contributed by atoms with Crippen LogP contribution >= 0.6 is 11.3 Å². The van der Waals surface area contributed by atoms with Crippen molar-refractivity contribution in [2.24, 2.45) is 7.05 Å². The van der Waals surface area contributed by atoms with E-state index in [0.717, 1.165) is 23.2 Å². The third-order valence-electron chi connectivity index (χ3n) is 6.00. The summed E-state index contributed by atoms with van der Waals surface area (Å²) in [4.78, 5) is 17.1. The zero-order chi connectivity index (χ0) is 23.9. The summed E-state index contributed by atoms with van der Waals surface area (Å²) in [7, 11) is 1.58. The molecule has 2 heterocycles. The Labute approximate surface area is 204 Å². The van der Waals surface area contributed by atoms with Crippen LogP contribution < -0.4 is 10.4 Å². The van der Waals surface area contributed by atoms with Crippen LogP contribution in [0.2, 0.25) is 0 Å². The largest absolute Gasteiger partial charge is 0.465 e. The van der Waals surface area contributed by atoms with Crippen molar-refractivity contribution in [3.8, 4) is 22.1 Å². The van der Waals surface area contributed by atoms with E-state index in [0.29, 0.717) is 10.9 Å². The zero-order valence-electron chi connectivity index (χ0n) is 20.0. The van der Waals surface area contributed by atoms with Crippen LogP contribution in [0.4, 0.5) is 0 Å². The lowest BCUT2D eigenvalue weighted by Gasteiger charge is -2.11. The standard InChI is InChI=1S/C26H31N5O2S/c1-4-5-6-7-8-13-20-14-9-10-15-21(20)23-18-34-25(27-23)33-17-22-19(2)12-11-16-24(22)31-26(32)30(3)28-29-31/h9-12,14-16,18H,4-8,13,17H2,1-3H3. The highest BCUT2D eigenvalue weighted by Crippen LogP contribution is 2.30. The lowest BCUT2D eigenvalue weighted by atomic mass is 9.99. The molecule has 0 unspecified atom stereocenters. The lowest BCUT2D eigenvalue weighted by Crippen LogP contribution is -2.23. The van der Waals surface area contributed by atoms with Gasteiger partial charge in [0, 0.05) is 23.6 Å². The second-order valence-electron chi connectivity index (χ2n) is 8.48. The molecular weight excluding hydrogens is 446 g/mol. The van der Waals surface area contributed by atoms with Crippen LogP contribution in [0.25, 0.3) is 16.9 Å². The fourth-order valence-corrected chi connectivity index (χ4v) is 4.70. The van der Waals surface area contributed by atoms with Crippen molar-refractivity contribution in [2.45, 2.75) is 59.0 Å². The predicted molar refractivity (Wildman–Crippen MR) is 136 cm³/mol. The van der Waals surface area contributed by atoms with E-state index in [1.54, 1.807) is 7.05 Å². The van der Waals surface area contributed by atoms with Gasteiger partial charge in [-0.25, -0.2) is 9.78 Å². The Bertz CT molecular complexity index is 1290. The number of tetrazole rings is 1. The van der Waals surface area contributed by atoms with Gasteiger partial charge in [-0.2, -0.15) is 9.36 Å². The summed E-state index contributed by atoms with van der Waals surface area (Å²) in [6.07, 6.45) is 7.39. The van der Waals surface area contributed by atoms with Gasteiger partial charge in [0.15, 0.2) is 0 Å². The lowest BCUT2D eigenvalue weighted by molar-refractivity contribution is 0.303. The van der Waals surface area contributed by atoms with Gasteiger partial charge in [0.05, 0.1) is 11.4 Å². The van der Waals surface area contributed by atoms with Crippen molar-refractivity contribution in [2.75, 3.05) is 0 Å². The molecule has 0 radical (unpaired) electrons. The molecule has 0 aliphatic carbocycles. The number of benzene rings is 2. The molecule has 4 aromatic rings. The SMILES string of the molecule is CCCCCCCc1ccccc1-c1csc(OCc2c(C)cccc2-n2nnn(C)c2=O)n1. The van der Waals surface area contributed by atoms with E-state index < -0.39 is 0 Å². The number of aromatic nitrogens is 5. The molecule has 0 aliphatic rings. The molecule has 0 aliphatic heterocycles. The van der Waals surface area contributed by atoms with Crippen molar-refractivity contribution in [1.82, 2.24) is 24.8 Å². The summed E-state index contributed by atoms with van der Waals surface area (Å²) in [6.45, 7) is 4.53. The molecule has 0 N–H and O–H groups in total. The van der Waals surface area contributed by atoms with Crippen LogP contribution in [0.1, 0.15) is 55.7 Å². The van der Waals surface area contributed by atoms with Gasteiger partial charge in [-0.1, -0.05) is 80.3 Å². The van der Waals surface area contributed by atoms with Gasteiger partial charge in [-0.15, -0.1) is 0 Å². The molecule has 8 heteroatoms. The Morgan fingerprint density at radius 3 is 2.62 bits per heavy atom. The summed E-state index contributed by atoms with van der Waals surface area (Å²) in [5, 5.41) is 10.5. The molecule has 0 fully saturated rings. The molecule has 34 heavy (non-hydrogen) atoms. The number of hydrogen-bond donors (Lipinski definition) is 0. The maximum absolute atomic E-state index is 12.4. The van der Waals surface area contributed by atoms with Gasteiger partial charge in [-0.05, 0) is 47.4 Å². The number of rotatable bonds is 11. The second kappa shape index (κ2) is 11.2. The van der Waals surface area contributed by atoms with E-state index >= 15 is 0 Å². The maximum Gasteiger partial charge on any atom is 0.368 e. The van der Waals surface area contributed by atoms with E-state index in [-0.39, 0.29) is 12.3 Å². The molecule has 0 saturated carbocycles. The molecule has 0 bridgehead atoms. The highest BCUT2D eigenvalue weighted by molar-refractivity contribution is 7.11. The van der Waals surface area contributed by atoms with Gasteiger partial charge in [0.25, 0.3) is 5.19 Å². The number of hydrogen-bond acceptors (Lipinski definition) is 6. The van der Waals surface area contributed by atoms with Gasteiger partial charge in [-0.3, -0.25) is 0 Å². The zero-order valence-corrected chi connectivity index (χ0v) is 20.8. The fourth-order valence-electron chi connectivity index (χ4n) is 4.03. The molecule has 0 saturated heterocycles. The summed E-state index contributed by atoms with van der Waals surface area (Å²) in [5.41, 5.74) is 5.72. The third-order valence-corrected chi connectivity index (χ3v) is 6.75. The van der Waals surface area contributed by atoms with Crippen LogP contribution in [0, 0.1) is 6.92 Å². The Morgan fingerprint density at radius 1 is 1.00 bits per heavy atom. The molecule has 0 atom stereocenters. The molecular formula is C26H31N5O2S. The number of unbranched alkanes of at least 4 members (excludes halogenated alkanes) is 4. The Balaban J connectivity index is 1.48. The van der Waals surface area contributed by atoms with Crippen LogP contribution in [-0.2, 0) is 20.1 Å². The van der Waals surface area contributed by atoms with E-state index in [9.17, 15) is 4.79 Å². The Morgan fingerprint density at radius 2 is 1.82 bits per heavy atom. The average molecular weight is 478 g/mol. The van der Waals surface area contributed by atoms with Crippen LogP contribution in [0.3, 0.4) is 0 Å². The first-order valence-electron chi connectivity index (χ1n) is 11.8. The first-order chi connectivity index (χ1) is 16.6. The molecule has 4 rings (SSSR count). The van der Waals surface area contributed by atoms with E-state index in [2.05, 4.69) is 47.0 Å². The number of aryl methyl sites for hydroxylation is 3. The van der Waals surface area contributed by atoms with Gasteiger partial charge in [0.2, 0.25) is 0 Å². The monoisotopic (exact) mass is 477 g/mol. The normalized spacial score (nSPS) is 11.1. The van der Waals surface area contributed by atoms with E-state index in [1.807, 2.05) is 25.1 Å². The van der Waals surface area contributed by atoms with Crippen molar-refractivity contribution in [1.29, 1.82) is 0 Å². The second-order valence-corrected chi connectivity index (χ2v) is 9.30. The summed E-state index contributed by atoms with van der Waals surface area (Å²) >= 11 is 1.49. The summed E-state index contributed by atoms with van der Waals surface area (Å²) in [6, 6.07) is 14.2. The Kier molecular flexibility index (Phi) is 7.90. The van der Waals surface area contributed by atoms with Crippen molar-refractivity contribution in [3.05, 3.63) is 75.0 Å². The van der Waals surface area contributed by atoms with Crippen molar-refractivity contribution < 1.29 is 4.74 Å². The minimum Gasteiger partial charge on any atom is -0.465 e. The number of thiazole rings is 1. The fraction of sp³-hybridized carbons (Fsp3) is 0.385. The Hall–Kier alpha value is -3.26. The van der Waals surface area contributed by atoms with Crippen molar-refractivity contribution in [3.63, 3.8) is 0 Å². The summed E-state index contributed by atoms with van der Waals surface area (Å²) < 4.78 is 8.60. The first-order valence-corrected chi connectivity index (χ1v) is 12.7. The smallest absolute Gasteiger partial charge is 0.368 e. The quantitative estimate of drug-likeness (QED) is 0.267. The van der Waals surface area contributed by atoms with E-state index in [1.165, 1.54) is 63.9 Å². The van der Waals surface area contributed by atoms with Gasteiger partial charge in [0.1, 0.15) is 6.61 Å². The molecule has 0 spiro atoms. The molecule has 7 nitrogen and oxygen atoms in total. The third kappa shape index (κ3) is 5.44. The highest BCUT2D eigenvalue weighted by atomic mass is 32.1. The van der Waals surface area contributed by atoms with Gasteiger partial charge >= 0.3 is 5.69 Å². The van der Waals surface area contributed by atoms with E-state index in [4.69, 9.17) is 9.72 Å². The molecule has 178 valence electrons. The van der Waals surface area contributed by atoms with Crippen LogP contribution in [-0.4, -0.2) is 24.8 Å². The first kappa shape index (κ1) is 23.9. The minimum atomic E-state index is -0.297. The van der Waals surface area contributed by atoms with Gasteiger partial charge < -0.3 is 4.74 Å². The molecule has 2 aromatic carbocycles. The number of ether oxygens (including phenoxy) is 1. The summed E-state index contributed by atoms with van der Waals surface area (Å²) in [5.74, 6) is 0. The molecule has 0 amide bonds. The topological polar surface area (TPSA) is 74.8 Å².